The summed E-state index contributed by atoms with van der Waals surface area (Å²) in [5, 5.41) is 4.70. The molecule has 0 N–H and O–H groups in total. The molecule has 0 bridgehead atoms. The van der Waals surface area contributed by atoms with E-state index in [2.05, 4.69) is 301 Å². The first-order chi connectivity index (χ1) is 38.7. The van der Waals surface area contributed by atoms with Gasteiger partial charge in [0.15, 0.2) is 0 Å². The molecule has 16 rings (SSSR count). The highest BCUT2D eigenvalue weighted by atomic mass is 32.3. The van der Waals surface area contributed by atoms with Gasteiger partial charge in [0.2, 0.25) is 0 Å². The fourth-order valence-electron chi connectivity index (χ4n) is 12.6. The number of furan rings is 1. The number of fused-ring (bicyclic) bond motifs is 10. The molecule has 0 radical (unpaired) electrons. The molecule has 2 aliphatic rings. The zero-order chi connectivity index (χ0) is 51.4. The van der Waals surface area contributed by atoms with E-state index in [0.29, 0.717) is 0 Å². The van der Waals surface area contributed by atoms with Crippen molar-refractivity contribution in [3.63, 3.8) is 0 Å². The van der Waals surface area contributed by atoms with Crippen LogP contribution in [-0.2, 0) is 0 Å². The van der Waals surface area contributed by atoms with Crippen molar-refractivity contribution in [2.24, 2.45) is 0 Å². The summed E-state index contributed by atoms with van der Waals surface area (Å²) in [6.45, 7) is 0. The second-order valence-corrected chi connectivity index (χ2v) is 27.2. The van der Waals surface area contributed by atoms with Crippen LogP contribution in [0.4, 0.5) is 34.1 Å². The van der Waals surface area contributed by atoms with E-state index in [0.717, 1.165) is 38.9 Å². The molecule has 6 heteroatoms. The van der Waals surface area contributed by atoms with Crippen molar-refractivity contribution in [3.05, 3.63) is 291 Å². The molecule has 4 heterocycles. The summed E-state index contributed by atoms with van der Waals surface area (Å²) < 4.78 is 9.20. The highest BCUT2D eigenvalue weighted by Gasteiger charge is 2.44. The van der Waals surface area contributed by atoms with E-state index < -0.39 is 20.1 Å². The monoisotopic (exact) mass is 1050 g/mol. The highest BCUT2D eigenvalue weighted by Crippen LogP contribution is 2.81. The molecule has 0 saturated carbocycles. The number of thiophene rings is 1. The number of nitrogens with zero attached hydrogens (tertiary/aromatic N) is 2. The van der Waals surface area contributed by atoms with Crippen LogP contribution in [0, 0.1) is 0 Å². The van der Waals surface area contributed by atoms with Gasteiger partial charge in [-0.3, -0.25) is 0 Å². The quantitative estimate of drug-likeness (QED) is 0.159. The third-order valence-electron chi connectivity index (χ3n) is 15.9. The number of benzene rings is 12. The van der Waals surface area contributed by atoms with Crippen LogP contribution in [0.3, 0.4) is 0 Å². The van der Waals surface area contributed by atoms with E-state index in [9.17, 15) is 0 Å². The van der Waals surface area contributed by atoms with Crippen LogP contribution in [0.25, 0.3) is 53.2 Å². The van der Waals surface area contributed by atoms with Gasteiger partial charge in [-0.1, -0.05) is 133 Å². The van der Waals surface area contributed by atoms with Crippen LogP contribution in [0.5, 0.6) is 0 Å². The fourth-order valence-corrected chi connectivity index (χ4v) is 22.0. The molecule has 0 saturated heterocycles. The fraction of sp³-hybridized carbons (Fsp3) is 0. The molecular weight excluding hydrogens is 1010 g/mol. The molecule has 0 amide bonds. The van der Waals surface area contributed by atoms with Crippen LogP contribution in [0.2, 0.25) is 0 Å². The van der Waals surface area contributed by atoms with Gasteiger partial charge in [0.05, 0.1) is 22.7 Å². The SMILES string of the molecule is c1ccc(S2(c3ccccc3)c3ccccc3N(c3ccc4oc5ccc(-c6ccc7sc8ccc(N9c%10ccccc%10S(c%10ccccc%10)(c%10ccccc%10)c%10ccccc%109)cc8c7c6)cc5c4c3)c3ccccc32)cc1. The number of anilines is 6. The molecule has 0 unspecified atom stereocenters. The number of rotatable bonds is 7. The first kappa shape index (κ1) is 45.2. The molecular formula is C72H48N2OS3. The minimum absolute atomic E-state index is 0.872. The number of hydrogen-bond donors (Lipinski definition) is 0. The van der Waals surface area contributed by atoms with E-state index in [1.54, 1.807) is 0 Å². The molecule has 0 fully saturated rings. The Labute approximate surface area is 460 Å². The van der Waals surface area contributed by atoms with Crippen molar-refractivity contribution in [2.75, 3.05) is 9.80 Å². The van der Waals surface area contributed by atoms with Gasteiger partial charge in [-0.15, -0.1) is 31.4 Å². The van der Waals surface area contributed by atoms with Crippen molar-refractivity contribution in [1.29, 1.82) is 0 Å². The van der Waals surface area contributed by atoms with Crippen LogP contribution in [0.1, 0.15) is 0 Å². The second kappa shape index (κ2) is 17.8. The van der Waals surface area contributed by atoms with Crippen LogP contribution < -0.4 is 9.80 Å². The molecule has 0 spiro atoms. The molecule has 2 aliphatic heterocycles. The van der Waals surface area contributed by atoms with Gasteiger partial charge in [-0.25, -0.2) is 0 Å². The minimum atomic E-state index is -1.86. The molecule has 14 aromatic rings. The topological polar surface area (TPSA) is 19.6 Å². The first-order valence-electron chi connectivity index (χ1n) is 26.4. The number of hydrogen-bond acceptors (Lipinski definition) is 4. The average molecular weight is 1050 g/mol. The van der Waals surface area contributed by atoms with Crippen LogP contribution in [0.15, 0.2) is 335 Å². The molecule has 2 aromatic heterocycles. The molecule has 0 atom stereocenters. The molecule has 370 valence electrons. The van der Waals surface area contributed by atoms with Gasteiger partial charge in [-0.05, 0) is 169 Å². The average Bonchev–Trinajstić information content (AvgIpc) is 4.02. The first-order valence-corrected chi connectivity index (χ1v) is 30.5. The lowest BCUT2D eigenvalue weighted by Gasteiger charge is -2.49. The van der Waals surface area contributed by atoms with Crippen LogP contribution in [-0.4, -0.2) is 0 Å². The van der Waals surface area contributed by atoms with E-state index in [4.69, 9.17) is 4.42 Å². The molecule has 78 heavy (non-hydrogen) atoms. The summed E-state index contributed by atoms with van der Waals surface area (Å²) in [6, 6.07) is 108. The lowest BCUT2D eigenvalue weighted by Crippen LogP contribution is -2.21. The Morgan fingerprint density at radius 2 is 0.577 bits per heavy atom. The maximum Gasteiger partial charge on any atom is 0.135 e. The summed E-state index contributed by atoms with van der Waals surface area (Å²) in [5.74, 6) is 0. The standard InChI is InChI=1S/C72H48N2OS3/c1-5-21-53(22-6-1)77(54-23-7-2-8-24-54)69-33-17-13-29-61(69)73(62-30-14-18-34-70(62)77)51-39-42-66-58(47-51)57-45-49(37-41-65(57)75-66)50-38-43-67-59(46-50)60-48-52(40-44-68(60)76-67)74-63-31-15-19-35-71(63)78(55-25-9-3-10-26-55,56-27-11-4-12-28-56)72-36-20-16-32-64(72)74/h1-48H. The van der Waals surface area contributed by atoms with E-state index in [-0.39, 0.29) is 0 Å². The Bertz CT molecular complexity index is 4170. The minimum Gasteiger partial charge on any atom is -0.456 e. The van der Waals surface area contributed by atoms with Crippen molar-refractivity contribution in [2.45, 2.75) is 39.2 Å². The predicted octanol–water partition coefficient (Wildman–Crippen LogP) is 21.9. The molecule has 12 aromatic carbocycles. The molecule has 3 nitrogen and oxygen atoms in total. The van der Waals surface area contributed by atoms with E-state index in [1.807, 2.05) is 11.3 Å². The summed E-state index contributed by atoms with van der Waals surface area (Å²) in [6.07, 6.45) is 0. The lowest BCUT2D eigenvalue weighted by atomic mass is 10.0. The van der Waals surface area contributed by atoms with E-state index in [1.165, 1.54) is 87.6 Å². The largest absolute Gasteiger partial charge is 0.456 e. The smallest absolute Gasteiger partial charge is 0.135 e. The highest BCUT2D eigenvalue weighted by molar-refractivity contribution is 8.34. The van der Waals surface area contributed by atoms with Crippen LogP contribution >= 0.6 is 31.4 Å². The third kappa shape index (κ3) is 6.55. The predicted molar refractivity (Wildman–Crippen MR) is 328 cm³/mol. The van der Waals surface area contributed by atoms with Gasteiger partial charge < -0.3 is 14.2 Å². The van der Waals surface area contributed by atoms with Crippen molar-refractivity contribution < 1.29 is 4.42 Å². The summed E-state index contributed by atoms with van der Waals surface area (Å²) in [5.41, 5.74) is 11.1. The Hall–Kier alpha value is -9.04. The van der Waals surface area contributed by atoms with Gasteiger partial charge in [0, 0.05) is 81.5 Å². The summed E-state index contributed by atoms with van der Waals surface area (Å²) >= 11 is 1.86. The van der Waals surface area contributed by atoms with Gasteiger partial charge >= 0.3 is 0 Å². The van der Waals surface area contributed by atoms with Crippen molar-refractivity contribution >= 4 is 108 Å². The lowest BCUT2D eigenvalue weighted by molar-refractivity contribution is 0.669. The zero-order valence-corrected chi connectivity index (χ0v) is 44.7. The van der Waals surface area contributed by atoms with Gasteiger partial charge in [0.25, 0.3) is 0 Å². The van der Waals surface area contributed by atoms with Gasteiger partial charge in [0.1, 0.15) is 11.2 Å². The summed E-state index contributed by atoms with van der Waals surface area (Å²) in [7, 11) is -3.71. The van der Waals surface area contributed by atoms with Crippen molar-refractivity contribution in [1.82, 2.24) is 0 Å². The Kier molecular flexibility index (Phi) is 10.3. The third-order valence-corrected chi connectivity index (χ3v) is 25.0. The zero-order valence-electron chi connectivity index (χ0n) is 42.2. The molecule has 0 aliphatic carbocycles. The maximum atomic E-state index is 6.66. The normalized spacial score (nSPS) is 14.9. The maximum absolute atomic E-state index is 6.66. The Morgan fingerprint density at radius 1 is 0.269 bits per heavy atom. The Balaban J connectivity index is 0.816. The Morgan fingerprint density at radius 3 is 1.01 bits per heavy atom. The van der Waals surface area contributed by atoms with E-state index >= 15 is 0 Å². The summed E-state index contributed by atoms with van der Waals surface area (Å²) in [4.78, 5) is 15.6. The van der Waals surface area contributed by atoms with Gasteiger partial charge in [-0.2, -0.15) is 0 Å². The van der Waals surface area contributed by atoms with Crippen molar-refractivity contribution in [3.8, 4) is 11.1 Å². The number of para-hydroxylation sites is 4. The second-order valence-electron chi connectivity index (χ2n) is 20.0.